The molecule has 2 aromatic rings. The van der Waals surface area contributed by atoms with Crippen molar-refractivity contribution in [3.8, 4) is 0 Å². The van der Waals surface area contributed by atoms with Gasteiger partial charge in [0, 0.05) is 30.8 Å². The van der Waals surface area contributed by atoms with E-state index in [-0.39, 0.29) is 18.2 Å². The number of benzene rings is 1. The zero-order chi connectivity index (χ0) is 15.1. The molecule has 2 heterocycles. The van der Waals surface area contributed by atoms with Crippen LogP contribution in [0.4, 0.5) is 0 Å². The van der Waals surface area contributed by atoms with Crippen molar-refractivity contribution in [3.63, 3.8) is 0 Å². The minimum atomic E-state index is 0.0817. The Kier molecular flexibility index (Phi) is 3.76. The van der Waals surface area contributed by atoms with Gasteiger partial charge in [-0.2, -0.15) is 5.10 Å². The molecule has 0 saturated carbocycles. The van der Waals surface area contributed by atoms with Gasteiger partial charge in [0.15, 0.2) is 0 Å². The number of hydrogen-bond donors (Lipinski definition) is 1. The molecule has 0 amide bonds. The van der Waals surface area contributed by atoms with Crippen molar-refractivity contribution in [2.24, 2.45) is 24.6 Å². The minimum Gasteiger partial charge on any atom is -0.375 e. The Labute approximate surface area is 126 Å². The monoisotopic (exact) mass is 287 g/mol. The Balaban J connectivity index is 1.85. The fourth-order valence-electron chi connectivity index (χ4n) is 3.83. The molecule has 114 valence electrons. The lowest BCUT2D eigenvalue weighted by Crippen LogP contribution is -2.39. The Morgan fingerprint density at radius 2 is 1.95 bits per heavy atom. The lowest BCUT2D eigenvalue weighted by molar-refractivity contribution is 0.0490. The summed E-state index contributed by atoms with van der Waals surface area (Å²) in [6.45, 7) is 6.53. The standard InChI is InChI=1S/C17H25N3O/c1-10-11(2)21-12(3)17(10)14(18)9-15-13-7-5-6-8-16(13)20(4)19-15/h5-8,10-12,14,17H,9,18H2,1-4H3. The van der Waals surface area contributed by atoms with Gasteiger partial charge in [-0.3, -0.25) is 4.68 Å². The maximum Gasteiger partial charge on any atom is 0.0718 e. The van der Waals surface area contributed by atoms with Crippen molar-refractivity contribution >= 4 is 10.9 Å². The highest BCUT2D eigenvalue weighted by Crippen LogP contribution is 2.35. The quantitative estimate of drug-likeness (QED) is 0.943. The van der Waals surface area contributed by atoms with Gasteiger partial charge in [-0.1, -0.05) is 25.1 Å². The molecule has 0 spiro atoms. The third kappa shape index (κ3) is 2.47. The lowest BCUT2D eigenvalue weighted by atomic mass is 9.82. The maximum atomic E-state index is 6.53. The normalized spacial score (nSPS) is 30.9. The molecule has 0 aliphatic carbocycles. The second-order valence-corrected chi connectivity index (χ2v) is 6.44. The first kappa shape index (κ1) is 14.5. The van der Waals surface area contributed by atoms with Crippen LogP contribution in [0, 0.1) is 11.8 Å². The SMILES string of the molecule is CC1OC(C)C(C(N)Cc2nn(C)c3ccccc23)C1C. The summed E-state index contributed by atoms with van der Waals surface area (Å²) < 4.78 is 7.87. The summed E-state index contributed by atoms with van der Waals surface area (Å²) in [6, 6.07) is 8.42. The fraction of sp³-hybridized carbons (Fsp3) is 0.588. The van der Waals surface area contributed by atoms with E-state index in [1.54, 1.807) is 0 Å². The molecule has 0 radical (unpaired) electrons. The number of para-hydroxylation sites is 1. The van der Waals surface area contributed by atoms with E-state index in [0.29, 0.717) is 11.8 Å². The predicted octanol–water partition coefficient (Wildman–Crippen LogP) is 2.50. The summed E-state index contributed by atoms with van der Waals surface area (Å²) in [5.74, 6) is 0.880. The number of rotatable bonds is 3. The summed E-state index contributed by atoms with van der Waals surface area (Å²) in [5.41, 5.74) is 8.79. The predicted molar refractivity (Wildman–Crippen MR) is 85.1 cm³/mol. The number of ether oxygens (including phenoxy) is 1. The van der Waals surface area contributed by atoms with Crippen LogP contribution in [0.15, 0.2) is 24.3 Å². The van der Waals surface area contributed by atoms with Crippen molar-refractivity contribution in [1.82, 2.24) is 9.78 Å². The highest BCUT2D eigenvalue weighted by atomic mass is 16.5. The third-order valence-electron chi connectivity index (χ3n) is 5.08. The zero-order valence-corrected chi connectivity index (χ0v) is 13.3. The molecule has 4 nitrogen and oxygen atoms in total. The van der Waals surface area contributed by atoms with E-state index in [2.05, 4.69) is 44.1 Å². The van der Waals surface area contributed by atoms with Crippen molar-refractivity contribution < 1.29 is 4.74 Å². The van der Waals surface area contributed by atoms with Gasteiger partial charge in [0.05, 0.1) is 23.4 Å². The Morgan fingerprint density at radius 1 is 1.24 bits per heavy atom. The van der Waals surface area contributed by atoms with Crippen molar-refractivity contribution in [3.05, 3.63) is 30.0 Å². The van der Waals surface area contributed by atoms with E-state index < -0.39 is 0 Å². The molecule has 4 heteroatoms. The van der Waals surface area contributed by atoms with Gasteiger partial charge in [0.25, 0.3) is 0 Å². The number of aryl methyl sites for hydroxylation is 1. The van der Waals surface area contributed by atoms with Crippen LogP contribution < -0.4 is 5.73 Å². The van der Waals surface area contributed by atoms with Gasteiger partial charge in [0.1, 0.15) is 0 Å². The van der Waals surface area contributed by atoms with Crippen LogP contribution in [0.5, 0.6) is 0 Å². The van der Waals surface area contributed by atoms with Crippen LogP contribution in [-0.2, 0) is 18.2 Å². The molecule has 5 atom stereocenters. The van der Waals surface area contributed by atoms with Crippen molar-refractivity contribution in [1.29, 1.82) is 0 Å². The molecule has 1 saturated heterocycles. The van der Waals surface area contributed by atoms with E-state index in [4.69, 9.17) is 10.5 Å². The van der Waals surface area contributed by atoms with Gasteiger partial charge in [-0.25, -0.2) is 0 Å². The van der Waals surface area contributed by atoms with E-state index in [1.165, 1.54) is 5.39 Å². The van der Waals surface area contributed by atoms with Gasteiger partial charge < -0.3 is 10.5 Å². The minimum absolute atomic E-state index is 0.0817. The highest BCUT2D eigenvalue weighted by molar-refractivity contribution is 5.81. The van der Waals surface area contributed by atoms with Crippen molar-refractivity contribution in [2.75, 3.05) is 0 Å². The number of fused-ring (bicyclic) bond motifs is 1. The molecule has 1 aromatic carbocycles. The summed E-state index contributed by atoms with van der Waals surface area (Å²) in [4.78, 5) is 0. The van der Waals surface area contributed by atoms with Crippen LogP contribution in [0.2, 0.25) is 0 Å². The van der Waals surface area contributed by atoms with E-state index >= 15 is 0 Å². The first-order chi connectivity index (χ1) is 9.99. The van der Waals surface area contributed by atoms with Crippen LogP contribution in [0.1, 0.15) is 26.5 Å². The molecule has 2 N–H and O–H groups in total. The number of aromatic nitrogens is 2. The second-order valence-electron chi connectivity index (χ2n) is 6.44. The Bertz CT molecular complexity index is 636. The van der Waals surface area contributed by atoms with E-state index in [9.17, 15) is 0 Å². The molecular weight excluding hydrogens is 262 g/mol. The van der Waals surface area contributed by atoms with Crippen LogP contribution >= 0.6 is 0 Å². The molecular formula is C17H25N3O. The lowest BCUT2D eigenvalue weighted by Gasteiger charge is -2.25. The Morgan fingerprint density at radius 3 is 2.62 bits per heavy atom. The molecule has 3 rings (SSSR count). The first-order valence-corrected chi connectivity index (χ1v) is 7.80. The Hall–Kier alpha value is -1.39. The summed E-state index contributed by atoms with van der Waals surface area (Å²) >= 11 is 0. The molecule has 1 aliphatic heterocycles. The molecule has 1 aromatic heterocycles. The largest absolute Gasteiger partial charge is 0.375 e. The van der Waals surface area contributed by atoms with Crippen LogP contribution in [0.25, 0.3) is 10.9 Å². The topological polar surface area (TPSA) is 53.1 Å². The van der Waals surface area contributed by atoms with Gasteiger partial charge >= 0.3 is 0 Å². The molecule has 1 fully saturated rings. The smallest absolute Gasteiger partial charge is 0.0718 e. The van der Waals surface area contributed by atoms with E-state index in [1.807, 2.05) is 17.8 Å². The van der Waals surface area contributed by atoms with Gasteiger partial charge in [0.2, 0.25) is 0 Å². The number of nitrogens with zero attached hydrogens (tertiary/aromatic N) is 2. The van der Waals surface area contributed by atoms with Crippen molar-refractivity contribution in [2.45, 2.75) is 45.4 Å². The second kappa shape index (κ2) is 5.43. The van der Waals surface area contributed by atoms with Crippen LogP contribution in [0.3, 0.4) is 0 Å². The van der Waals surface area contributed by atoms with E-state index in [0.717, 1.165) is 17.6 Å². The summed E-state index contributed by atoms with van der Waals surface area (Å²) in [6.07, 6.45) is 1.31. The third-order valence-corrected chi connectivity index (χ3v) is 5.08. The summed E-state index contributed by atoms with van der Waals surface area (Å²) in [5, 5.41) is 5.88. The first-order valence-electron chi connectivity index (χ1n) is 7.80. The number of nitrogens with two attached hydrogens (primary N) is 1. The maximum absolute atomic E-state index is 6.53. The molecule has 5 unspecified atom stereocenters. The fourth-order valence-corrected chi connectivity index (χ4v) is 3.83. The molecule has 21 heavy (non-hydrogen) atoms. The average Bonchev–Trinajstić information content (AvgIpc) is 2.89. The average molecular weight is 287 g/mol. The molecule has 0 bridgehead atoms. The summed E-state index contributed by atoms with van der Waals surface area (Å²) in [7, 11) is 1.99. The number of hydrogen-bond acceptors (Lipinski definition) is 3. The van der Waals surface area contributed by atoms with Crippen LogP contribution in [-0.4, -0.2) is 28.0 Å². The van der Waals surface area contributed by atoms with Gasteiger partial charge in [-0.15, -0.1) is 0 Å². The highest BCUT2D eigenvalue weighted by Gasteiger charge is 2.40. The molecule has 1 aliphatic rings. The van der Waals surface area contributed by atoms with Gasteiger partial charge in [-0.05, 0) is 25.8 Å². The zero-order valence-electron chi connectivity index (χ0n) is 13.3.